The van der Waals surface area contributed by atoms with Gasteiger partial charge in [-0.3, -0.25) is 0 Å². The van der Waals surface area contributed by atoms with Crippen molar-refractivity contribution in [3.05, 3.63) is 18.4 Å². The lowest BCUT2D eigenvalue weighted by Gasteiger charge is -2.31. The van der Waals surface area contributed by atoms with Gasteiger partial charge in [0.1, 0.15) is 5.69 Å². The molecule has 3 rings (SSSR count). The SMILES string of the molecule is Cn1cncc1-c1noc(C2(C)CCCCN2)n1. The molecule has 1 aliphatic rings. The van der Waals surface area contributed by atoms with Gasteiger partial charge in [-0.15, -0.1) is 0 Å². The highest BCUT2D eigenvalue weighted by molar-refractivity contribution is 5.47. The molecule has 0 amide bonds. The van der Waals surface area contributed by atoms with Gasteiger partial charge >= 0.3 is 0 Å². The Labute approximate surface area is 105 Å². The minimum atomic E-state index is -0.192. The van der Waals surface area contributed by atoms with E-state index in [1.807, 2.05) is 11.6 Å². The average Bonchev–Trinajstić information content (AvgIpc) is 2.98. The molecule has 96 valence electrons. The predicted octanol–water partition coefficient (Wildman–Crippen LogP) is 1.46. The minimum Gasteiger partial charge on any atom is -0.337 e. The van der Waals surface area contributed by atoms with E-state index in [1.165, 1.54) is 12.8 Å². The Hall–Kier alpha value is -1.69. The molecule has 1 aliphatic heterocycles. The molecule has 2 aromatic heterocycles. The number of hydrogen-bond donors (Lipinski definition) is 1. The minimum absolute atomic E-state index is 0.192. The van der Waals surface area contributed by atoms with Crippen LogP contribution in [-0.2, 0) is 12.6 Å². The van der Waals surface area contributed by atoms with Gasteiger partial charge in [-0.1, -0.05) is 5.16 Å². The summed E-state index contributed by atoms with van der Waals surface area (Å²) < 4.78 is 7.30. The van der Waals surface area contributed by atoms with E-state index in [4.69, 9.17) is 4.52 Å². The van der Waals surface area contributed by atoms with Crippen LogP contribution in [0.3, 0.4) is 0 Å². The number of imidazole rings is 1. The fraction of sp³-hybridized carbons (Fsp3) is 0.583. The molecular formula is C12H17N5O. The molecule has 0 bridgehead atoms. The van der Waals surface area contributed by atoms with Crippen molar-refractivity contribution < 1.29 is 4.52 Å². The van der Waals surface area contributed by atoms with Crippen LogP contribution in [0.25, 0.3) is 11.5 Å². The van der Waals surface area contributed by atoms with Crippen LogP contribution < -0.4 is 5.32 Å². The second-order valence-corrected chi connectivity index (χ2v) is 5.03. The molecule has 0 saturated carbocycles. The Morgan fingerprint density at radius 1 is 1.44 bits per heavy atom. The third-order valence-electron chi connectivity index (χ3n) is 3.56. The van der Waals surface area contributed by atoms with Crippen LogP contribution >= 0.6 is 0 Å². The van der Waals surface area contributed by atoms with Crippen molar-refractivity contribution in [2.24, 2.45) is 7.05 Å². The Morgan fingerprint density at radius 2 is 2.33 bits per heavy atom. The first kappa shape index (κ1) is 11.4. The van der Waals surface area contributed by atoms with Crippen molar-refractivity contribution in [1.29, 1.82) is 0 Å². The lowest BCUT2D eigenvalue weighted by atomic mass is 9.91. The standard InChI is InChI=1S/C12H17N5O/c1-12(5-3-4-6-14-12)11-15-10(16-18-11)9-7-13-8-17(9)2/h7-8,14H,3-6H2,1-2H3. The Balaban J connectivity index is 1.92. The highest BCUT2D eigenvalue weighted by Gasteiger charge is 2.34. The summed E-state index contributed by atoms with van der Waals surface area (Å²) in [6.07, 6.45) is 6.89. The van der Waals surface area contributed by atoms with Crippen LogP contribution in [0.5, 0.6) is 0 Å². The summed E-state index contributed by atoms with van der Waals surface area (Å²) in [5.74, 6) is 1.26. The zero-order chi connectivity index (χ0) is 12.6. The van der Waals surface area contributed by atoms with E-state index in [2.05, 4.69) is 27.4 Å². The second kappa shape index (κ2) is 4.20. The topological polar surface area (TPSA) is 68.8 Å². The summed E-state index contributed by atoms with van der Waals surface area (Å²) in [4.78, 5) is 8.57. The maximum atomic E-state index is 5.42. The largest absolute Gasteiger partial charge is 0.337 e. The van der Waals surface area contributed by atoms with Crippen molar-refractivity contribution in [3.63, 3.8) is 0 Å². The van der Waals surface area contributed by atoms with E-state index in [1.54, 1.807) is 12.5 Å². The Kier molecular flexibility index (Phi) is 2.66. The molecule has 0 aliphatic carbocycles. The number of hydrogen-bond acceptors (Lipinski definition) is 5. The number of nitrogens with one attached hydrogen (secondary N) is 1. The first-order valence-electron chi connectivity index (χ1n) is 6.25. The van der Waals surface area contributed by atoms with E-state index >= 15 is 0 Å². The zero-order valence-electron chi connectivity index (χ0n) is 10.7. The van der Waals surface area contributed by atoms with E-state index in [0.717, 1.165) is 18.7 Å². The fourth-order valence-corrected chi connectivity index (χ4v) is 2.36. The van der Waals surface area contributed by atoms with Crippen LogP contribution in [-0.4, -0.2) is 26.2 Å². The zero-order valence-corrected chi connectivity index (χ0v) is 10.7. The molecule has 6 nitrogen and oxygen atoms in total. The monoisotopic (exact) mass is 247 g/mol. The number of nitrogens with zero attached hydrogens (tertiary/aromatic N) is 4. The molecule has 0 radical (unpaired) electrons. The summed E-state index contributed by atoms with van der Waals surface area (Å²) in [5, 5.41) is 7.52. The third-order valence-corrected chi connectivity index (χ3v) is 3.56. The van der Waals surface area contributed by atoms with E-state index in [-0.39, 0.29) is 5.54 Å². The molecule has 0 aromatic carbocycles. The predicted molar refractivity (Wildman–Crippen MR) is 65.7 cm³/mol. The summed E-state index contributed by atoms with van der Waals surface area (Å²) in [6, 6.07) is 0. The van der Waals surface area contributed by atoms with Crippen LogP contribution in [0.2, 0.25) is 0 Å². The Bertz CT molecular complexity index is 538. The van der Waals surface area contributed by atoms with Gasteiger partial charge < -0.3 is 14.4 Å². The number of rotatable bonds is 2. The fourth-order valence-electron chi connectivity index (χ4n) is 2.36. The van der Waals surface area contributed by atoms with Gasteiger partial charge in [0.15, 0.2) is 0 Å². The summed E-state index contributed by atoms with van der Waals surface area (Å²) in [5.41, 5.74) is 0.673. The van der Waals surface area contributed by atoms with Crippen LogP contribution in [0, 0.1) is 0 Å². The van der Waals surface area contributed by atoms with E-state index < -0.39 is 0 Å². The van der Waals surface area contributed by atoms with Crippen molar-refractivity contribution in [2.45, 2.75) is 31.7 Å². The van der Waals surface area contributed by atoms with E-state index in [0.29, 0.717) is 11.7 Å². The molecular weight excluding hydrogens is 230 g/mol. The maximum absolute atomic E-state index is 5.42. The van der Waals surface area contributed by atoms with Crippen molar-refractivity contribution in [2.75, 3.05) is 6.54 Å². The molecule has 1 unspecified atom stereocenters. The molecule has 1 N–H and O–H groups in total. The van der Waals surface area contributed by atoms with Gasteiger partial charge in [0.25, 0.3) is 0 Å². The normalized spacial score (nSPS) is 24.3. The smallest absolute Gasteiger partial charge is 0.247 e. The van der Waals surface area contributed by atoms with Crippen LogP contribution in [0.15, 0.2) is 17.0 Å². The summed E-state index contributed by atoms with van der Waals surface area (Å²) >= 11 is 0. The van der Waals surface area contributed by atoms with Gasteiger partial charge in [-0.2, -0.15) is 4.98 Å². The van der Waals surface area contributed by atoms with Gasteiger partial charge in [0.2, 0.25) is 11.7 Å². The molecule has 6 heteroatoms. The average molecular weight is 247 g/mol. The van der Waals surface area contributed by atoms with Crippen molar-refractivity contribution in [3.8, 4) is 11.5 Å². The maximum Gasteiger partial charge on any atom is 0.247 e. The molecule has 2 aromatic rings. The number of aromatic nitrogens is 4. The van der Waals surface area contributed by atoms with Crippen molar-refractivity contribution >= 4 is 0 Å². The van der Waals surface area contributed by atoms with Crippen LogP contribution in [0.4, 0.5) is 0 Å². The van der Waals surface area contributed by atoms with Gasteiger partial charge in [-0.05, 0) is 32.7 Å². The first-order valence-corrected chi connectivity index (χ1v) is 6.25. The molecule has 3 heterocycles. The molecule has 1 saturated heterocycles. The highest BCUT2D eigenvalue weighted by Crippen LogP contribution is 2.29. The molecule has 18 heavy (non-hydrogen) atoms. The second-order valence-electron chi connectivity index (χ2n) is 5.03. The lowest BCUT2D eigenvalue weighted by molar-refractivity contribution is 0.207. The summed E-state index contributed by atoms with van der Waals surface area (Å²) in [7, 11) is 1.92. The molecule has 1 atom stereocenters. The number of piperidine rings is 1. The van der Waals surface area contributed by atoms with Gasteiger partial charge in [0, 0.05) is 7.05 Å². The molecule has 0 spiro atoms. The van der Waals surface area contributed by atoms with E-state index in [9.17, 15) is 0 Å². The number of aryl methyl sites for hydroxylation is 1. The highest BCUT2D eigenvalue weighted by atomic mass is 16.5. The molecule has 1 fully saturated rings. The Morgan fingerprint density at radius 3 is 3.00 bits per heavy atom. The van der Waals surface area contributed by atoms with Gasteiger partial charge in [-0.25, -0.2) is 4.98 Å². The van der Waals surface area contributed by atoms with Crippen molar-refractivity contribution in [1.82, 2.24) is 25.0 Å². The first-order chi connectivity index (χ1) is 8.69. The van der Waals surface area contributed by atoms with Crippen LogP contribution in [0.1, 0.15) is 32.1 Å². The lowest BCUT2D eigenvalue weighted by Crippen LogP contribution is -2.43. The summed E-state index contributed by atoms with van der Waals surface area (Å²) in [6.45, 7) is 3.12. The third kappa shape index (κ3) is 1.82. The van der Waals surface area contributed by atoms with Gasteiger partial charge in [0.05, 0.1) is 18.1 Å². The quantitative estimate of drug-likeness (QED) is 0.870.